The maximum absolute atomic E-state index is 15.7. The molecular weight excluding hydrogens is 977 g/mol. The van der Waals surface area contributed by atoms with Crippen molar-refractivity contribution in [2.24, 2.45) is 17.8 Å². The number of likely N-dealkylation sites (N-methyl/N-ethyl adjacent to an activating group) is 2. The average molecular weight is 1060 g/mol. The van der Waals surface area contributed by atoms with Gasteiger partial charge in [0.25, 0.3) is 0 Å². The Morgan fingerprint density at radius 3 is 2.22 bits per heavy atom. The SMILES string of the molecule is CC[C@H]1OC(=O)[C@H](C)[C@@H](O[C@H]2C[C@@](C)(OC)[C@@H](O)[C@H](C)O2)[C@H](C)[C@@H](O[C@@H]2O[C@H](C)C[C@H](N(C)CCc3cn([C@H](CF)[C@H](F)c4ccc(S(C)(=O)=O)cc4)nn3)[C@H]2O)[C@](C)(O)C[C@@H](C)CN(C)[C@H](C)[C@@H](O)[C@]1(C)O. The number of nitrogens with zero attached hydrogens (tertiary/aromatic N) is 5. The smallest absolute Gasteiger partial charge is 0.311 e. The first kappa shape index (κ1) is 61.0. The molecule has 4 heterocycles. The zero-order valence-electron chi connectivity index (χ0n) is 45.2. The van der Waals surface area contributed by atoms with Gasteiger partial charge < -0.3 is 63.8 Å². The van der Waals surface area contributed by atoms with Crippen molar-refractivity contribution in [1.29, 1.82) is 0 Å². The Morgan fingerprint density at radius 2 is 1.63 bits per heavy atom. The molecule has 3 aliphatic heterocycles. The van der Waals surface area contributed by atoms with Crippen molar-refractivity contribution in [3.8, 4) is 0 Å². The molecule has 0 radical (unpaired) electrons. The zero-order chi connectivity index (χ0) is 54.7. The van der Waals surface area contributed by atoms with Gasteiger partial charge in [0.1, 0.15) is 42.7 Å². The largest absolute Gasteiger partial charge is 0.459 e. The molecule has 73 heavy (non-hydrogen) atoms. The maximum Gasteiger partial charge on any atom is 0.311 e. The van der Waals surface area contributed by atoms with Gasteiger partial charge in [-0.05, 0) is 105 Å². The number of alkyl halides is 2. The van der Waals surface area contributed by atoms with Gasteiger partial charge in [-0.3, -0.25) is 4.79 Å². The van der Waals surface area contributed by atoms with Crippen LogP contribution >= 0.6 is 0 Å². The van der Waals surface area contributed by atoms with E-state index in [1.165, 1.54) is 44.5 Å². The molecule has 0 unspecified atom stereocenters. The van der Waals surface area contributed by atoms with E-state index in [-0.39, 0.29) is 42.1 Å². The van der Waals surface area contributed by atoms with Crippen LogP contribution in [0.4, 0.5) is 8.78 Å². The van der Waals surface area contributed by atoms with Gasteiger partial charge in [0.2, 0.25) is 0 Å². The molecule has 5 rings (SSSR count). The fraction of sp³-hybridized carbons (Fsp3) is 0.824. The summed E-state index contributed by atoms with van der Waals surface area (Å²) in [4.78, 5) is 18.3. The number of sulfone groups is 1. The van der Waals surface area contributed by atoms with Gasteiger partial charge in [-0.2, -0.15) is 0 Å². The van der Waals surface area contributed by atoms with E-state index in [1.807, 2.05) is 30.7 Å². The van der Waals surface area contributed by atoms with Gasteiger partial charge in [-0.15, -0.1) is 5.10 Å². The number of esters is 1. The summed E-state index contributed by atoms with van der Waals surface area (Å²) < 4.78 is 93.2. The van der Waals surface area contributed by atoms with Crippen molar-refractivity contribution in [1.82, 2.24) is 24.8 Å². The third kappa shape index (κ3) is 14.2. The van der Waals surface area contributed by atoms with Gasteiger partial charge in [0.05, 0.1) is 52.1 Å². The Bertz CT molecular complexity index is 2190. The van der Waals surface area contributed by atoms with Crippen LogP contribution in [0.1, 0.15) is 118 Å². The lowest BCUT2D eigenvalue weighted by atomic mass is 9.77. The first-order chi connectivity index (χ1) is 33.9. The van der Waals surface area contributed by atoms with Crippen LogP contribution in [-0.2, 0) is 49.5 Å². The Morgan fingerprint density at radius 1 is 0.986 bits per heavy atom. The van der Waals surface area contributed by atoms with Crippen molar-refractivity contribution in [2.45, 2.75) is 209 Å². The van der Waals surface area contributed by atoms with Crippen molar-refractivity contribution in [2.75, 3.05) is 47.2 Å². The highest BCUT2D eigenvalue weighted by atomic mass is 32.2. The molecule has 1 aromatic carbocycles. The summed E-state index contributed by atoms with van der Waals surface area (Å²) in [5.74, 6) is -3.00. The second kappa shape index (κ2) is 24.7. The maximum atomic E-state index is 15.7. The number of aliphatic hydroxyl groups is 5. The molecule has 0 bridgehead atoms. The third-order valence-corrected chi connectivity index (χ3v) is 17.0. The standard InChI is InChI=1S/C51H85F2N5O14S/c1-15-39-51(10,64)44(60)32(6)57(12)26-28(2)23-49(8,63)46(30(4)43(31(5)47(62)70-39)71-40-24-50(9,67-13)45(61)33(7)69-40)72-48-42(59)37(22-29(3)68-48)56(11)21-20-35-27-58(55-54-35)38(25-52)41(53)34-16-18-36(19-17-34)73(14,65)66/h16-19,27-33,37-46,48,59-61,63-64H,15,20-26H2,1-14H3/t28-,29-,30+,31-,32-,33+,37+,38-,39-,40+,41-,42-,43+,44-,45+,46-,48+,49-,50-,51-/m1/s1. The molecule has 0 aliphatic carbocycles. The highest BCUT2D eigenvalue weighted by Crippen LogP contribution is 2.41. The summed E-state index contributed by atoms with van der Waals surface area (Å²) in [5.41, 5.74) is -4.16. The first-order valence-electron chi connectivity index (χ1n) is 25.6. The summed E-state index contributed by atoms with van der Waals surface area (Å²) in [6, 6.07) is 2.61. The topological polar surface area (TPSA) is 245 Å². The summed E-state index contributed by atoms with van der Waals surface area (Å²) in [7, 11) is 1.57. The Hall–Kier alpha value is -2.84. The van der Waals surface area contributed by atoms with Crippen molar-refractivity contribution < 1.29 is 75.9 Å². The van der Waals surface area contributed by atoms with Gasteiger partial charge >= 0.3 is 5.97 Å². The molecule has 418 valence electrons. The number of benzene rings is 1. The molecule has 5 N–H and O–H groups in total. The van der Waals surface area contributed by atoms with E-state index in [0.29, 0.717) is 25.2 Å². The molecule has 22 heteroatoms. The van der Waals surface area contributed by atoms with Crippen molar-refractivity contribution in [3.63, 3.8) is 0 Å². The van der Waals surface area contributed by atoms with Crippen LogP contribution in [-0.4, -0.2) is 202 Å². The van der Waals surface area contributed by atoms with E-state index in [9.17, 15) is 43.1 Å². The minimum Gasteiger partial charge on any atom is -0.459 e. The summed E-state index contributed by atoms with van der Waals surface area (Å²) >= 11 is 0. The quantitative estimate of drug-likeness (QED) is 0.160. The summed E-state index contributed by atoms with van der Waals surface area (Å²) in [6.45, 7) is 16.7. The van der Waals surface area contributed by atoms with Crippen LogP contribution in [0.5, 0.6) is 0 Å². The van der Waals surface area contributed by atoms with Crippen LogP contribution in [0.2, 0.25) is 0 Å². The number of rotatable bonds is 15. The van der Waals surface area contributed by atoms with E-state index in [1.54, 1.807) is 55.5 Å². The minimum absolute atomic E-state index is 0.0100. The second-order valence-electron chi connectivity index (χ2n) is 22.1. The predicted octanol–water partition coefficient (Wildman–Crippen LogP) is 3.73. The normalized spacial score (nSPS) is 39.9. The van der Waals surface area contributed by atoms with Crippen LogP contribution in [0.3, 0.4) is 0 Å². The lowest BCUT2D eigenvalue weighted by Gasteiger charge is -2.49. The van der Waals surface area contributed by atoms with Crippen molar-refractivity contribution >= 4 is 15.8 Å². The van der Waals surface area contributed by atoms with Gasteiger partial charge in [0, 0.05) is 63.5 Å². The van der Waals surface area contributed by atoms with E-state index in [4.69, 9.17) is 28.4 Å². The lowest BCUT2D eigenvalue weighted by Crippen LogP contribution is -2.61. The number of aliphatic hydroxyl groups excluding tert-OH is 3. The number of hydrogen-bond acceptors (Lipinski definition) is 18. The van der Waals surface area contributed by atoms with E-state index >= 15 is 4.39 Å². The van der Waals surface area contributed by atoms with Gasteiger partial charge in [-0.1, -0.05) is 38.1 Å². The molecule has 2 aromatic rings. The number of ether oxygens (including phenoxy) is 6. The fourth-order valence-electron chi connectivity index (χ4n) is 11.1. The molecule has 1 aromatic heterocycles. The third-order valence-electron chi connectivity index (χ3n) is 15.9. The molecule has 0 amide bonds. The monoisotopic (exact) mass is 1060 g/mol. The van der Waals surface area contributed by atoms with E-state index < -0.39 is 137 Å². The number of carbonyl (C=O) groups excluding carboxylic acids is 1. The van der Waals surface area contributed by atoms with E-state index in [0.717, 1.165) is 10.9 Å². The Kier molecular flexibility index (Phi) is 20.6. The number of carbonyl (C=O) groups is 1. The molecule has 3 aliphatic rings. The molecule has 0 saturated carbocycles. The van der Waals surface area contributed by atoms with Crippen LogP contribution in [0.15, 0.2) is 35.4 Å². The summed E-state index contributed by atoms with van der Waals surface area (Å²) in [6.07, 6.45) is -9.03. The van der Waals surface area contributed by atoms with Crippen LogP contribution in [0.25, 0.3) is 0 Å². The van der Waals surface area contributed by atoms with Gasteiger partial charge in [-0.25, -0.2) is 21.9 Å². The molecule has 19 nitrogen and oxygen atoms in total. The molecule has 0 spiro atoms. The highest BCUT2D eigenvalue weighted by Gasteiger charge is 2.53. The minimum atomic E-state index is -3.52. The molecule has 3 fully saturated rings. The summed E-state index contributed by atoms with van der Waals surface area (Å²) in [5, 5.41) is 67.8. The molecular formula is C51H85F2N5O14S. The highest BCUT2D eigenvalue weighted by molar-refractivity contribution is 7.90. The van der Waals surface area contributed by atoms with Crippen molar-refractivity contribution in [3.05, 3.63) is 41.7 Å². The number of cyclic esters (lactones) is 1. The molecule has 3 saturated heterocycles. The Balaban J connectivity index is 1.44. The fourth-order valence-corrected chi connectivity index (χ4v) is 11.7. The van der Waals surface area contributed by atoms with Crippen LogP contribution in [0, 0.1) is 17.8 Å². The zero-order valence-corrected chi connectivity index (χ0v) is 46.0. The average Bonchev–Trinajstić information content (AvgIpc) is 3.80. The number of aromatic nitrogens is 3. The number of hydrogen-bond donors (Lipinski definition) is 5. The van der Waals surface area contributed by atoms with Crippen LogP contribution < -0.4 is 0 Å². The lowest BCUT2D eigenvalue weighted by molar-refractivity contribution is -0.318. The number of methoxy groups -OCH3 is 1. The Labute approximate surface area is 430 Å². The first-order valence-corrected chi connectivity index (χ1v) is 27.5. The number of halogens is 2. The van der Waals surface area contributed by atoms with E-state index in [2.05, 4.69) is 10.3 Å². The predicted molar refractivity (Wildman–Crippen MR) is 265 cm³/mol. The second-order valence-corrected chi connectivity index (χ2v) is 24.1. The molecule has 20 atom stereocenters. The van der Waals surface area contributed by atoms with Gasteiger partial charge in [0.15, 0.2) is 28.6 Å².